The Morgan fingerprint density at radius 1 is 1.44 bits per heavy atom. The lowest BCUT2D eigenvalue weighted by molar-refractivity contribution is -0.119. The third-order valence-electron chi connectivity index (χ3n) is 3.60. The zero-order valence-corrected chi connectivity index (χ0v) is 11.3. The monoisotopic (exact) mass is 265 g/mol. The van der Waals surface area contributed by atoms with Gasteiger partial charge < -0.3 is 15.1 Å². The van der Waals surface area contributed by atoms with Crippen LogP contribution in [-0.2, 0) is 4.79 Å². The average molecular weight is 266 g/mol. The zero-order chi connectivity index (χ0) is 12.9. The van der Waals surface area contributed by atoms with Gasteiger partial charge >= 0.3 is 0 Å². The van der Waals surface area contributed by atoms with Crippen LogP contribution in [0, 0.1) is 6.92 Å². The summed E-state index contributed by atoms with van der Waals surface area (Å²) in [6.45, 7) is 4.06. The van der Waals surface area contributed by atoms with E-state index in [4.69, 9.17) is 11.6 Å². The van der Waals surface area contributed by atoms with Crippen molar-refractivity contribution >= 4 is 28.9 Å². The molecule has 1 N–H and O–H groups in total. The minimum Gasteiger partial charge on any atom is -0.370 e. The van der Waals surface area contributed by atoms with Crippen LogP contribution in [0.4, 0.5) is 11.4 Å². The Kier molecular flexibility index (Phi) is 2.72. The molecule has 2 heterocycles. The molecule has 0 bridgehead atoms. The molecule has 1 amide bonds. The predicted octanol–water partition coefficient (Wildman–Crippen LogP) is 1.40. The molecule has 0 radical (unpaired) electrons. The van der Waals surface area contributed by atoms with Gasteiger partial charge in [0.25, 0.3) is 0 Å². The third kappa shape index (κ3) is 1.68. The van der Waals surface area contributed by atoms with Crippen LogP contribution in [0.15, 0.2) is 12.1 Å². The number of hydrogen-bond acceptors (Lipinski definition) is 3. The van der Waals surface area contributed by atoms with E-state index < -0.39 is 0 Å². The number of aryl methyl sites for hydroxylation is 1. The molecule has 18 heavy (non-hydrogen) atoms. The summed E-state index contributed by atoms with van der Waals surface area (Å²) in [6.07, 6.45) is 0. The number of benzene rings is 1. The highest BCUT2D eigenvalue weighted by Crippen LogP contribution is 2.41. The Bertz CT molecular complexity index is 517. The van der Waals surface area contributed by atoms with Crippen LogP contribution in [0.5, 0.6) is 0 Å². The SMILES string of the molecule is Cc1cc(Cl)c2c(c1)N1C(=O)CNCC1CN2C. The van der Waals surface area contributed by atoms with E-state index in [1.165, 1.54) is 0 Å². The molecular formula is C13H16ClN3O. The fourth-order valence-electron chi connectivity index (χ4n) is 2.89. The van der Waals surface area contributed by atoms with Gasteiger partial charge in [0.15, 0.2) is 0 Å². The quantitative estimate of drug-likeness (QED) is 0.770. The van der Waals surface area contributed by atoms with E-state index in [-0.39, 0.29) is 11.9 Å². The average Bonchev–Trinajstić information content (AvgIpc) is 2.27. The minimum absolute atomic E-state index is 0.127. The molecule has 1 fully saturated rings. The number of nitrogens with one attached hydrogen (secondary N) is 1. The van der Waals surface area contributed by atoms with Crippen molar-refractivity contribution < 1.29 is 4.79 Å². The molecule has 0 spiro atoms. The lowest BCUT2D eigenvalue weighted by Crippen LogP contribution is -2.61. The molecule has 1 unspecified atom stereocenters. The van der Waals surface area contributed by atoms with Gasteiger partial charge in [-0.1, -0.05) is 11.6 Å². The molecule has 2 aliphatic rings. The molecule has 0 saturated carbocycles. The van der Waals surface area contributed by atoms with Crippen molar-refractivity contribution in [1.29, 1.82) is 0 Å². The van der Waals surface area contributed by atoms with Crippen molar-refractivity contribution in [3.63, 3.8) is 0 Å². The van der Waals surface area contributed by atoms with Gasteiger partial charge in [0.2, 0.25) is 5.91 Å². The molecule has 96 valence electrons. The normalized spacial score (nSPS) is 22.8. The molecule has 1 saturated heterocycles. The Hall–Kier alpha value is -1.26. The lowest BCUT2D eigenvalue weighted by atomic mass is 10.0. The molecule has 0 aliphatic carbocycles. The van der Waals surface area contributed by atoms with Crippen molar-refractivity contribution in [1.82, 2.24) is 5.32 Å². The van der Waals surface area contributed by atoms with Crippen LogP contribution in [0.2, 0.25) is 5.02 Å². The maximum Gasteiger partial charge on any atom is 0.241 e. The largest absolute Gasteiger partial charge is 0.370 e. The molecule has 1 atom stereocenters. The molecule has 3 rings (SSSR count). The molecule has 1 aromatic carbocycles. The summed E-state index contributed by atoms with van der Waals surface area (Å²) < 4.78 is 0. The van der Waals surface area contributed by atoms with Gasteiger partial charge in [0.05, 0.1) is 29.0 Å². The van der Waals surface area contributed by atoms with Gasteiger partial charge in [-0.2, -0.15) is 0 Å². The predicted molar refractivity (Wildman–Crippen MR) is 73.6 cm³/mol. The summed E-state index contributed by atoms with van der Waals surface area (Å²) in [7, 11) is 2.02. The number of rotatable bonds is 0. The van der Waals surface area contributed by atoms with Gasteiger partial charge in [-0.3, -0.25) is 4.79 Å². The number of amides is 1. The maximum absolute atomic E-state index is 12.1. The van der Waals surface area contributed by atoms with Crippen molar-refractivity contribution in [2.45, 2.75) is 13.0 Å². The van der Waals surface area contributed by atoms with E-state index in [0.29, 0.717) is 6.54 Å². The topological polar surface area (TPSA) is 35.6 Å². The number of anilines is 2. The van der Waals surface area contributed by atoms with Crippen molar-refractivity contribution in [3.8, 4) is 0 Å². The zero-order valence-electron chi connectivity index (χ0n) is 10.5. The molecule has 1 aromatic rings. The molecule has 5 heteroatoms. The molecule has 2 aliphatic heterocycles. The first kappa shape index (κ1) is 11.8. The van der Waals surface area contributed by atoms with Crippen molar-refractivity contribution in [3.05, 3.63) is 22.7 Å². The highest BCUT2D eigenvalue weighted by atomic mass is 35.5. The van der Waals surface area contributed by atoms with Crippen LogP contribution in [0.25, 0.3) is 0 Å². The van der Waals surface area contributed by atoms with E-state index >= 15 is 0 Å². The molecule has 0 aromatic heterocycles. The third-order valence-corrected chi connectivity index (χ3v) is 3.89. The second kappa shape index (κ2) is 4.14. The van der Waals surface area contributed by atoms with Gasteiger partial charge in [-0.25, -0.2) is 0 Å². The maximum atomic E-state index is 12.1. The van der Waals surface area contributed by atoms with Crippen molar-refractivity contribution in [2.24, 2.45) is 0 Å². The number of halogens is 1. The van der Waals surface area contributed by atoms with Crippen LogP contribution in [0.3, 0.4) is 0 Å². The highest BCUT2D eigenvalue weighted by Gasteiger charge is 2.36. The van der Waals surface area contributed by atoms with Crippen LogP contribution < -0.4 is 15.1 Å². The summed E-state index contributed by atoms with van der Waals surface area (Å²) in [6, 6.07) is 4.19. The van der Waals surface area contributed by atoms with E-state index in [9.17, 15) is 4.79 Å². The lowest BCUT2D eigenvalue weighted by Gasteiger charge is -2.45. The summed E-state index contributed by atoms with van der Waals surface area (Å²) >= 11 is 6.33. The molecular weight excluding hydrogens is 250 g/mol. The van der Waals surface area contributed by atoms with E-state index in [1.54, 1.807) is 0 Å². The highest BCUT2D eigenvalue weighted by molar-refractivity contribution is 6.34. The summed E-state index contributed by atoms with van der Waals surface area (Å²) in [5.41, 5.74) is 3.00. The number of hydrogen-bond donors (Lipinski definition) is 1. The summed E-state index contributed by atoms with van der Waals surface area (Å²) in [5, 5.41) is 3.88. The Morgan fingerprint density at radius 2 is 2.22 bits per heavy atom. The standard InChI is InChI=1S/C13H16ClN3O/c1-8-3-10(14)13-11(4-8)17-9(7-16(13)2)5-15-6-12(17)18/h3-4,9,15H,5-7H2,1-2H3. The fourth-order valence-corrected chi connectivity index (χ4v) is 3.30. The Morgan fingerprint density at radius 3 is 3.00 bits per heavy atom. The summed E-state index contributed by atoms with van der Waals surface area (Å²) in [5.74, 6) is 0.127. The fraction of sp³-hybridized carbons (Fsp3) is 0.462. The van der Waals surface area contributed by atoms with Crippen LogP contribution >= 0.6 is 11.6 Å². The van der Waals surface area contributed by atoms with Crippen LogP contribution in [0.1, 0.15) is 5.56 Å². The van der Waals surface area contributed by atoms with Gasteiger partial charge in [-0.05, 0) is 24.6 Å². The van der Waals surface area contributed by atoms with E-state index in [0.717, 1.165) is 35.1 Å². The second-order valence-electron chi connectivity index (χ2n) is 5.04. The van der Waals surface area contributed by atoms with Crippen molar-refractivity contribution in [2.75, 3.05) is 36.5 Å². The number of carbonyl (C=O) groups excluding carboxylic acids is 1. The van der Waals surface area contributed by atoms with E-state index in [2.05, 4.69) is 10.2 Å². The minimum atomic E-state index is 0.127. The van der Waals surface area contributed by atoms with Crippen LogP contribution in [-0.4, -0.2) is 38.6 Å². The van der Waals surface area contributed by atoms with E-state index in [1.807, 2.05) is 31.0 Å². The first-order chi connectivity index (χ1) is 8.58. The number of carbonyl (C=O) groups is 1. The molecule has 4 nitrogen and oxygen atoms in total. The first-order valence-electron chi connectivity index (χ1n) is 6.12. The van der Waals surface area contributed by atoms with Gasteiger partial charge in [0.1, 0.15) is 0 Å². The van der Waals surface area contributed by atoms with Gasteiger partial charge in [-0.15, -0.1) is 0 Å². The number of fused-ring (bicyclic) bond motifs is 3. The Labute approximate surface area is 112 Å². The number of likely N-dealkylation sites (N-methyl/N-ethyl adjacent to an activating group) is 1. The first-order valence-corrected chi connectivity index (χ1v) is 6.50. The second-order valence-corrected chi connectivity index (χ2v) is 5.45. The number of piperazine rings is 1. The number of nitrogens with zero attached hydrogens (tertiary/aromatic N) is 2. The van der Waals surface area contributed by atoms with Gasteiger partial charge in [0, 0.05) is 20.1 Å². The summed E-state index contributed by atoms with van der Waals surface area (Å²) in [4.78, 5) is 16.2. The Balaban J connectivity index is 2.17. The smallest absolute Gasteiger partial charge is 0.241 e.